The van der Waals surface area contributed by atoms with Crippen molar-refractivity contribution < 1.29 is 14.3 Å². The van der Waals surface area contributed by atoms with E-state index in [1.165, 1.54) is 0 Å². The molecule has 0 spiro atoms. The van der Waals surface area contributed by atoms with Gasteiger partial charge < -0.3 is 20.1 Å². The van der Waals surface area contributed by atoms with Crippen LogP contribution in [-0.4, -0.2) is 55.9 Å². The number of hydrogen-bond acceptors (Lipinski definition) is 4. The van der Waals surface area contributed by atoms with Gasteiger partial charge in [0.1, 0.15) is 0 Å². The summed E-state index contributed by atoms with van der Waals surface area (Å²) in [6.07, 6.45) is 3.74. The molecule has 1 saturated heterocycles. The van der Waals surface area contributed by atoms with Crippen LogP contribution in [0, 0.1) is 0 Å². The Labute approximate surface area is 116 Å². The van der Waals surface area contributed by atoms with Gasteiger partial charge in [-0.2, -0.15) is 0 Å². The Morgan fingerprint density at radius 1 is 1.32 bits per heavy atom. The average Bonchev–Trinajstić information content (AvgIpc) is 2.39. The zero-order chi connectivity index (χ0) is 14.1. The lowest BCUT2D eigenvalue weighted by Crippen LogP contribution is -2.41. The minimum Gasteiger partial charge on any atom is -0.378 e. The van der Waals surface area contributed by atoms with E-state index in [1.807, 2.05) is 18.7 Å². The van der Waals surface area contributed by atoms with Crippen LogP contribution in [0.3, 0.4) is 0 Å². The molecule has 0 saturated carbocycles. The van der Waals surface area contributed by atoms with Gasteiger partial charge in [-0.05, 0) is 39.7 Å². The molecule has 0 atom stereocenters. The minimum atomic E-state index is 0.189. The van der Waals surface area contributed by atoms with Crippen molar-refractivity contribution in [3.63, 3.8) is 0 Å². The molecule has 0 aromatic rings. The number of piperidine rings is 1. The van der Waals surface area contributed by atoms with Crippen LogP contribution in [0.25, 0.3) is 0 Å². The summed E-state index contributed by atoms with van der Waals surface area (Å²) >= 11 is 0. The summed E-state index contributed by atoms with van der Waals surface area (Å²) in [4.78, 5) is 13.9. The lowest BCUT2D eigenvalue weighted by atomic mass is 10.1. The van der Waals surface area contributed by atoms with Crippen LogP contribution in [0.5, 0.6) is 0 Å². The largest absolute Gasteiger partial charge is 0.378 e. The van der Waals surface area contributed by atoms with Crippen molar-refractivity contribution in [3.8, 4) is 0 Å². The van der Waals surface area contributed by atoms with Crippen LogP contribution in [0.1, 0.15) is 39.5 Å². The quantitative estimate of drug-likeness (QED) is 0.673. The standard InChI is InChI=1S/C14H28N2O3/c1-12(2)18-11-6-14(17)16-8-4-13(5-9-16)19-10-3-7-15/h12-13H,3-11,15H2,1-2H3. The van der Waals surface area contributed by atoms with E-state index in [-0.39, 0.29) is 12.0 Å². The van der Waals surface area contributed by atoms with Crippen molar-refractivity contribution in [2.24, 2.45) is 5.73 Å². The van der Waals surface area contributed by atoms with Gasteiger partial charge in [0.25, 0.3) is 0 Å². The van der Waals surface area contributed by atoms with Gasteiger partial charge in [-0.1, -0.05) is 0 Å². The molecule has 1 amide bonds. The predicted octanol–water partition coefficient (Wildman–Crippen LogP) is 1.16. The van der Waals surface area contributed by atoms with Crippen molar-refractivity contribution in [2.75, 3.05) is 32.8 Å². The monoisotopic (exact) mass is 272 g/mol. The Hall–Kier alpha value is -0.650. The van der Waals surface area contributed by atoms with Gasteiger partial charge in [0.05, 0.1) is 25.2 Å². The highest BCUT2D eigenvalue weighted by molar-refractivity contribution is 5.76. The lowest BCUT2D eigenvalue weighted by Gasteiger charge is -2.32. The van der Waals surface area contributed by atoms with Crippen LogP contribution in [-0.2, 0) is 14.3 Å². The fraction of sp³-hybridized carbons (Fsp3) is 0.929. The number of likely N-dealkylation sites (tertiary alicyclic amines) is 1. The summed E-state index contributed by atoms with van der Waals surface area (Å²) in [6, 6.07) is 0. The second kappa shape index (κ2) is 9.28. The molecule has 1 heterocycles. The number of rotatable bonds is 8. The first kappa shape index (κ1) is 16.4. The fourth-order valence-electron chi connectivity index (χ4n) is 2.15. The Balaban J connectivity index is 2.12. The maximum atomic E-state index is 11.9. The van der Waals surface area contributed by atoms with E-state index in [9.17, 15) is 4.79 Å². The Morgan fingerprint density at radius 3 is 2.58 bits per heavy atom. The Kier molecular flexibility index (Phi) is 8.02. The topological polar surface area (TPSA) is 64.8 Å². The summed E-state index contributed by atoms with van der Waals surface area (Å²) in [7, 11) is 0. The molecule has 0 aromatic heterocycles. The van der Waals surface area contributed by atoms with E-state index < -0.39 is 0 Å². The zero-order valence-corrected chi connectivity index (χ0v) is 12.3. The van der Waals surface area contributed by atoms with Gasteiger partial charge in [-0.15, -0.1) is 0 Å². The van der Waals surface area contributed by atoms with Gasteiger partial charge in [0.2, 0.25) is 5.91 Å². The smallest absolute Gasteiger partial charge is 0.224 e. The molecule has 1 fully saturated rings. The number of amides is 1. The highest BCUT2D eigenvalue weighted by atomic mass is 16.5. The number of nitrogens with zero attached hydrogens (tertiary/aromatic N) is 1. The van der Waals surface area contributed by atoms with Crippen LogP contribution < -0.4 is 5.73 Å². The molecule has 19 heavy (non-hydrogen) atoms. The summed E-state index contributed by atoms with van der Waals surface area (Å²) in [5, 5.41) is 0. The fourth-order valence-corrected chi connectivity index (χ4v) is 2.15. The highest BCUT2D eigenvalue weighted by Gasteiger charge is 2.22. The summed E-state index contributed by atoms with van der Waals surface area (Å²) < 4.78 is 11.1. The van der Waals surface area contributed by atoms with E-state index in [1.54, 1.807) is 0 Å². The molecule has 5 heteroatoms. The third-order valence-electron chi connectivity index (χ3n) is 3.26. The zero-order valence-electron chi connectivity index (χ0n) is 12.3. The molecule has 0 aliphatic carbocycles. The van der Waals surface area contributed by atoms with E-state index >= 15 is 0 Å². The second-order valence-corrected chi connectivity index (χ2v) is 5.26. The first-order valence-electron chi connectivity index (χ1n) is 7.34. The third kappa shape index (κ3) is 6.89. The summed E-state index contributed by atoms with van der Waals surface area (Å²) in [5.41, 5.74) is 5.43. The highest BCUT2D eigenvalue weighted by Crippen LogP contribution is 2.14. The molecule has 0 radical (unpaired) electrons. The maximum absolute atomic E-state index is 11.9. The van der Waals surface area contributed by atoms with Crippen molar-refractivity contribution >= 4 is 5.91 Å². The van der Waals surface area contributed by atoms with Crippen LogP contribution in [0.2, 0.25) is 0 Å². The van der Waals surface area contributed by atoms with Crippen molar-refractivity contribution in [1.82, 2.24) is 4.90 Å². The first-order valence-corrected chi connectivity index (χ1v) is 7.34. The first-order chi connectivity index (χ1) is 9.13. The van der Waals surface area contributed by atoms with Crippen molar-refractivity contribution in [1.29, 1.82) is 0 Å². The molecule has 0 bridgehead atoms. The van der Waals surface area contributed by atoms with Gasteiger partial charge in [0, 0.05) is 19.7 Å². The number of carbonyl (C=O) groups is 1. The van der Waals surface area contributed by atoms with Crippen LogP contribution in [0.15, 0.2) is 0 Å². The molecule has 5 nitrogen and oxygen atoms in total. The lowest BCUT2D eigenvalue weighted by molar-refractivity contribution is -0.135. The van der Waals surface area contributed by atoms with Crippen molar-refractivity contribution in [3.05, 3.63) is 0 Å². The SMILES string of the molecule is CC(C)OCCC(=O)N1CCC(OCCCN)CC1. The average molecular weight is 272 g/mol. The van der Waals surface area contributed by atoms with Gasteiger partial charge in [0.15, 0.2) is 0 Å². The Morgan fingerprint density at radius 2 is 2.00 bits per heavy atom. The maximum Gasteiger partial charge on any atom is 0.224 e. The molecule has 112 valence electrons. The minimum absolute atomic E-state index is 0.189. The molecule has 1 rings (SSSR count). The van der Waals surface area contributed by atoms with E-state index in [0.29, 0.717) is 25.7 Å². The van der Waals surface area contributed by atoms with E-state index in [2.05, 4.69) is 0 Å². The van der Waals surface area contributed by atoms with Gasteiger partial charge in [-0.25, -0.2) is 0 Å². The molecule has 0 aromatic carbocycles. The normalized spacial score (nSPS) is 17.2. The third-order valence-corrected chi connectivity index (χ3v) is 3.26. The number of ether oxygens (including phenoxy) is 2. The number of hydrogen-bond donors (Lipinski definition) is 1. The number of carbonyl (C=O) groups excluding carboxylic acids is 1. The molecule has 1 aliphatic rings. The summed E-state index contributed by atoms with van der Waals surface area (Å²) in [6.45, 7) is 7.48. The van der Waals surface area contributed by atoms with E-state index in [0.717, 1.165) is 39.0 Å². The number of nitrogens with two attached hydrogens (primary N) is 1. The van der Waals surface area contributed by atoms with E-state index in [4.69, 9.17) is 15.2 Å². The van der Waals surface area contributed by atoms with Gasteiger partial charge >= 0.3 is 0 Å². The second-order valence-electron chi connectivity index (χ2n) is 5.26. The molecule has 2 N–H and O–H groups in total. The van der Waals surface area contributed by atoms with Crippen LogP contribution in [0.4, 0.5) is 0 Å². The van der Waals surface area contributed by atoms with Crippen LogP contribution >= 0.6 is 0 Å². The molecular weight excluding hydrogens is 244 g/mol. The summed E-state index contributed by atoms with van der Waals surface area (Å²) in [5.74, 6) is 0.195. The molecular formula is C14H28N2O3. The Bertz CT molecular complexity index is 251. The molecule has 0 unspecified atom stereocenters. The van der Waals surface area contributed by atoms with Gasteiger partial charge in [-0.3, -0.25) is 4.79 Å². The van der Waals surface area contributed by atoms with Crippen molar-refractivity contribution in [2.45, 2.75) is 51.7 Å². The predicted molar refractivity (Wildman–Crippen MR) is 74.9 cm³/mol. The molecule has 1 aliphatic heterocycles.